The zero-order valence-corrected chi connectivity index (χ0v) is 11.7. The first kappa shape index (κ1) is 13.0. The predicted molar refractivity (Wildman–Crippen MR) is 72.2 cm³/mol. The van der Waals surface area contributed by atoms with Gasteiger partial charge in [-0.3, -0.25) is 0 Å². The topological polar surface area (TPSA) is 26.0 Å². The molecule has 0 aliphatic heterocycles. The van der Waals surface area contributed by atoms with E-state index >= 15 is 0 Å². The fourth-order valence-electron chi connectivity index (χ4n) is 2.84. The van der Waals surface area contributed by atoms with Gasteiger partial charge in [-0.25, -0.2) is 4.39 Å². The van der Waals surface area contributed by atoms with E-state index in [0.29, 0.717) is 16.0 Å². The van der Waals surface area contributed by atoms with E-state index in [4.69, 9.17) is 5.73 Å². The van der Waals surface area contributed by atoms with Crippen LogP contribution in [-0.4, -0.2) is 0 Å². The number of rotatable bonds is 3. The fourth-order valence-corrected chi connectivity index (χ4v) is 3.22. The lowest BCUT2D eigenvalue weighted by Gasteiger charge is -2.20. The highest BCUT2D eigenvalue weighted by atomic mass is 79.9. The van der Waals surface area contributed by atoms with Crippen LogP contribution < -0.4 is 5.73 Å². The number of hydrogen-bond donors (Lipinski definition) is 1. The van der Waals surface area contributed by atoms with Gasteiger partial charge in [-0.2, -0.15) is 0 Å². The van der Waals surface area contributed by atoms with E-state index in [-0.39, 0.29) is 11.9 Å². The van der Waals surface area contributed by atoms with Crippen LogP contribution in [0.2, 0.25) is 0 Å². The first-order valence-electron chi connectivity index (χ1n) is 6.33. The summed E-state index contributed by atoms with van der Waals surface area (Å²) in [5.74, 6) is 1.02. The van der Waals surface area contributed by atoms with Gasteiger partial charge < -0.3 is 5.73 Å². The van der Waals surface area contributed by atoms with Crippen molar-refractivity contribution in [2.45, 2.75) is 38.6 Å². The monoisotopic (exact) mass is 299 g/mol. The van der Waals surface area contributed by atoms with Gasteiger partial charge in [-0.05, 0) is 46.7 Å². The molecule has 3 heteroatoms. The van der Waals surface area contributed by atoms with E-state index < -0.39 is 0 Å². The zero-order chi connectivity index (χ0) is 12.4. The third-order valence-corrected chi connectivity index (χ3v) is 4.62. The summed E-state index contributed by atoms with van der Waals surface area (Å²) in [6, 6.07) is 5.22. The van der Waals surface area contributed by atoms with Crippen LogP contribution in [0.25, 0.3) is 0 Å². The summed E-state index contributed by atoms with van der Waals surface area (Å²) in [6.07, 6.45) is 4.73. The minimum atomic E-state index is -0.194. The molecule has 1 nitrogen and oxygen atoms in total. The van der Waals surface area contributed by atoms with Crippen LogP contribution in [0.3, 0.4) is 0 Å². The SMILES string of the molecule is CCC1CCC(C(N)c2cccc(Br)c2F)C1. The van der Waals surface area contributed by atoms with Gasteiger partial charge in [0, 0.05) is 11.6 Å². The largest absolute Gasteiger partial charge is 0.324 e. The number of halogens is 2. The molecule has 0 heterocycles. The second kappa shape index (κ2) is 5.49. The van der Waals surface area contributed by atoms with E-state index in [9.17, 15) is 4.39 Å². The van der Waals surface area contributed by atoms with E-state index in [0.717, 1.165) is 18.8 Å². The Bertz CT molecular complexity index is 394. The van der Waals surface area contributed by atoms with Crippen molar-refractivity contribution in [2.24, 2.45) is 17.6 Å². The highest BCUT2D eigenvalue weighted by molar-refractivity contribution is 9.10. The average Bonchev–Trinajstić information content (AvgIpc) is 2.80. The van der Waals surface area contributed by atoms with Gasteiger partial charge in [0.05, 0.1) is 4.47 Å². The predicted octanol–water partition coefficient (Wildman–Crippen LogP) is 4.41. The quantitative estimate of drug-likeness (QED) is 0.879. The first-order valence-corrected chi connectivity index (χ1v) is 7.12. The highest BCUT2D eigenvalue weighted by Gasteiger charge is 2.30. The molecule has 3 atom stereocenters. The van der Waals surface area contributed by atoms with Crippen molar-refractivity contribution in [3.05, 3.63) is 34.1 Å². The number of nitrogens with two attached hydrogens (primary N) is 1. The van der Waals surface area contributed by atoms with E-state index in [1.54, 1.807) is 6.07 Å². The van der Waals surface area contributed by atoms with Gasteiger partial charge in [0.25, 0.3) is 0 Å². The summed E-state index contributed by atoms with van der Waals surface area (Å²) >= 11 is 3.22. The molecule has 1 fully saturated rings. The molecule has 1 aromatic rings. The molecule has 94 valence electrons. The Morgan fingerprint density at radius 2 is 2.24 bits per heavy atom. The number of hydrogen-bond acceptors (Lipinski definition) is 1. The van der Waals surface area contributed by atoms with Crippen LogP contribution in [0.4, 0.5) is 4.39 Å². The van der Waals surface area contributed by atoms with Crippen molar-refractivity contribution in [1.82, 2.24) is 0 Å². The summed E-state index contributed by atoms with van der Waals surface area (Å²) in [6.45, 7) is 2.22. The van der Waals surface area contributed by atoms with Crippen molar-refractivity contribution >= 4 is 15.9 Å². The normalized spacial score (nSPS) is 26.1. The molecule has 0 saturated heterocycles. The number of benzene rings is 1. The Balaban J connectivity index is 2.15. The average molecular weight is 300 g/mol. The summed E-state index contributed by atoms with van der Waals surface area (Å²) in [5, 5.41) is 0. The Hall–Kier alpha value is -0.410. The molecule has 1 aliphatic rings. The van der Waals surface area contributed by atoms with E-state index in [1.165, 1.54) is 12.8 Å². The highest BCUT2D eigenvalue weighted by Crippen LogP contribution is 2.40. The van der Waals surface area contributed by atoms with Gasteiger partial charge in [0.1, 0.15) is 5.82 Å². The molecule has 1 aromatic carbocycles. The van der Waals surface area contributed by atoms with Crippen LogP contribution >= 0.6 is 15.9 Å². The molecular weight excluding hydrogens is 281 g/mol. The summed E-state index contributed by atoms with van der Waals surface area (Å²) in [7, 11) is 0. The van der Waals surface area contributed by atoms with Crippen molar-refractivity contribution in [3.63, 3.8) is 0 Å². The molecule has 0 aromatic heterocycles. The molecule has 1 aliphatic carbocycles. The maximum atomic E-state index is 14.0. The zero-order valence-electron chi connectivity index (χ0n) is 10.1. The molecule has 0 spiro atoms. The smallest absolute Gasteiger partial charge is 0.142 e. The fraction of sp³-hybridized carbons (Fsp3) is 0.571. The van der Waals surface area contributed by atoms with Gasteiger partial charge in [-0.1, -0.05) is 31.9 Å². The summed E-state index contributed by atoms with van der Waals surface area (Å²) < 4.78 is 14.5. The lowest BCUT2D eigenvalue weighted by atomic mass is 9.91. The van der Waals surface area contributed by atoms with Crippen LogP contribution in [0.1, 0.15) is 44.2 Å². The molecule has 2 rings (SSSR count). The Kier molecular flexibility index (Phi) is 4.21. The van der Waals surface area contributed by atoms with Gasteiger partial charge in [0.2, 0.25) is 0 Å². The molecule has 0 bridgehead atoms. The Morgan fingerprint density at radius 1 is 1.47 bits per heavy atom. The molecule has 0 amide bonds. The van der Waals surface area contributed by atoms with Gasteiger partial charge in [0.15, 0.2) is 0 Å². The lowest BCUT2D eigenvalue weighted by molar-refractivity contribution is 0.405. The van der Waals surface area contributed by atoms with Crippen LogP contribution in [-0.2, 0) is 0 Å². The minimum Gasteiger partial charge on any atom is -0.324 e. The second-order valence-corrected chi connectivity index (χ2v) is 5.87. The Morgan fingerprint density at radius 3 is 2.88 bits per heavy atom. The molecule has 3 unspecified atom stereocenters. The van der Waals surface area contributed by atoms with Crippen LogP contribution in [0.5, 0.6) is 0 Å². The summed E-state index contributed by atoms with van der Waals surface area (Å²) in [4.78, 5) is 0. The van der Waals surface area contributed by atoms with E-state index in [2.05, 4.69) is 22.9 Å². The minimum absolute atomic E-state index is 0.163. The Labute approximate surface area is 111 Å². The second-order valence-electron chi connectivity index (χ2n) is 5.02. The third-order valence-electron chi connectivity index (χ3n) is 4.01. The molecule has 17 heavy (non-hydrogen) atoms. The summed E-state index contributed by atoms with van der Waals surface area (Å²) in [5.41, 5.74) is 6.88. The molecule has 1 saturated carbocycles. The maximum absolute atomic E-state index is 14.0. The van der Waals surface area contributed by atoms with Crippen molar-refractivity contribution in [3.8, 4) is 0 Å². The van der Waals surface area contributed by atoms with Crippen molar-refractivity contribution < 1.29 is 4.39 Å². The molecular formula is C14H19BrFN. The third kappa shape index (κ3) is 2.71. The van der Waals surface area contributed by atoms with Crippen LogP contribution in [0.15, 0.2) is 22.7 Å². The molecule has 0 radical (unpaired) electrons. The van der Waals surface area contributed by atoms with Crippen molar-refractivity contribution in [2.75, 3.05) is 0 Å². The first-order chi connectivity index (χ1) is 8.13. The van der Waals surface area contributed by atoms with Gasteiger partial charge >= 0.3 is 0 Å². The molecule has 2 N–H and O–H groups in total. The van der Waals surface area contributed by atoms with E-state index in [1.807, 2.05) is 12.1 Å². The maximum Gasteiger partial charge on any atom is 0.142 e. The standard InChI is InChI=1S/C14H19BrFN/c1-2-9-6-7-10(8-9)14(17)11-4-3-5-12(15)13(11)16/h3-5,9-10,14H,2,6-8,17H2,1H3. The van der Waals surface area contributed by atoms with Crippen LogP contribution in [0, 0.1) is 17.7 Å². The van der Waals surface area contributed by atoms with Crippen molar-refractivity contribution in [1.29, 1.82) is 0 Å². The van der Waals surface area contributed by atoms with Gasteiger partial charge in [-0.15, -0.1) is 0 Å². The lowest BCUT2D eigenvalue weighted by Crippen LogP contribution is -2.21.